The van der Waals surface area contributed by atoms with Gasteiger partial charge in [-0.2, -0.15) is 0 Å². The smallest absolute Gasteiger partial charge is 0.291 e. The van der Waals surface area contributed by atoms with Gasteiger partial charge >= 0.3 is 0 Å². The van der Waals surface area contributed by atoms with E-state index in [-0.39, 0.29) is 16.9 Å². The Bertz CT molecular complexity index is 858. The number of hydrogen-bond donors (Lipinski definition) is 1. The number of aryl methyl sites for hydroxylation is 2. The number of benzene rings is 1. The Morgan fingerprint density at radius 1 is 1.08 bits per heavy atom. The van der Waals surface area contributed by atoms with Gasteiger partial charge in [0.05, 0.1) is 0 Å². The molecule has 1 amide bonds. The van der Waals surface area contributed by atoms with Gasteiger partial charge in [-0.25, -0.2) is 9.97 Å². The molecule has 0 saturated heterocycles. The second-order valence-electron chi connectivity index (χ2n) is 5.12. The number of nitrogens with one attached hydrogen (secondary N) is 1. The first-order chi connectivity index (χ1) is 11.5. The zero-order valence-corrected chi connectivity index (χ0v) is 14.6. The highest BCUT2D eigenvalue weighted by Gasteiger charge is 2.11. The van der Waals surface area contributed by atoms with Crippen molar-refractivity contribution in [2.45, 2.75) is 23.9 Å². The van der Waals surface area contributed by atoms with Gasteiger partial charge in [-0.05, 0) is 79.7 Å². The average Bonchev–Trinajstić information content (AvgIpc) is 2.95. The lowest BCUT2D eigenvalue weighted by atomic mass is 10.3. The second-order valence-corrected chi connectivity index (χ2v) is 6.53. The molecule has 1 N–H and O–H groups in total. The van der Waals surface area contributed by atoms with Gasteiger partial charge in [0, 0.05) is 22.0 Å². The number of anilines is 1. The van der Waals surface area contributed by atoms with Crippen molar-refractivity contribution in [2.75, 3.05) is 5.32 Å². The van der Waals surface area contributed by atoms with Crippen LogP contribution in [0.4, 0.5) is 5.69 Å². The van der Waals surface area contributed by atoms with Crippen molar-refractivity contribution in [3.05, 3.63) is 64.8 Å². The van der Waals surface area contributed by atoms with Crippen LogP contribution >= 0.6 is 23.4 Å². The van der Waals surface area contributed by atoms with E-state index < -0.39 is 0 Å². The summed E-state index contributed by atoms with van der Waals surface area (Å²) < 4.78 is 5.08. The molecule has 0 saturated carbocycles. The Morgan fingerprint density at radius 2 is 1.75 bits per heavy atom. The maximum Gasteiger partial charge on any atom is 0.291 e. The molecule has 0 bridgehead atoms. The third-order valence-electron chi connectivity index (χ3n) is 3.08. The quantitative estimate of drug-likeness (QED) is 0.681. The Balaban J connectivity index is 1.68. The lowest BCUT2D eigenvalue weighted by Gasteiger charge is -2.06. The van der Waals surface area contributed by atoms with Crippen molar-refractivity contribution >= 4 is 35.0 Å². The molecule has 1 aromatic carbocycles. The number of carbonyl (C=O) groups is 1. The zero-order valence-electron chi connectivity index (χ0n) is 13.0. The third kappa shape index (κ3) is 4.15. The SMILES string of the molecule is Cc1cc(C)nc(Sc2ccc(NC(=O)c3ccc(Cl)o3)cc2)n1. The van der Waals surface area contributed by atoms with Crippen LogP contribution in [0.5, 0.6) is 0 Å². The highest BCUT2D eigenvalue weighted by molar-refractivity contribution is 7.99. The number of aromatic nitrogens is 2. The molecular formula is C17H14ClN3O2S. The van der Waals surface area contributed by atoms with E-state index in [0.29, 0.717) is 10.8 Å². The molecule has 3 rings (SSSR count). The normalized spacial score (nSPS) is 10.6. The molecule has 3 aromatic rings. The van der Waals surface area contributed by atoms with Gasteiger partial charge in [0.15, 0.2) is 16.1 Å². The van der Waals surface area contributed by atoms with Crippen molar-refractivity contribution < 1.29 is 9.21 Å². The Kier molecular flexibility index (Phi) is 4.87. The maximum atomic E-state index is 12.0. The van der Waals surface area contributed by atoms with E-state index in [1.54, 1.807) is 0 Å². The van der Waals surface area contributed by atoms with Gasteiger partial charge in [0.2, 0.25) is 0 Å². The van der Waals surface area contributed by atoms with Crippen molar-refractivity contribution in [1.29, 1.82) is 0 Å². The van der Waals surface area contributed by atoms with Gasteiger partial charge in [0.25, 0.3) is 5.91 Å². The molecule has 24 heavy (non-hydrogen) atoms. The fraction of sp³-hybridized carbons (Fsp3) is 0.118. The number of carbonyl (C=O) groups excluding carboxylic acids is 1. The molecular weight excluding hydrogens is 346 g/mol. The summed E-state index contributed by atoms with van der Waals surface area (Å²) in [6.07, 6.45) is 0. The Labute approximate surface area is 148 Å². The first-order valence-electron chi connectivity index (χ1n) is 7.16. The Morgan fingerprint density at radius 3 is 2.33 bits per heavy atom. The van der Waals surface area contributed by atoms with Gasteiger partial charge < -0.3 is 9.73 Å². The number of rotatable bonds is 4. The summed E-state index contributed by atoms with van der Waals surface area (Å²) in [7, 11) is 0. The van der Waals surface area contributed by atoms with E-state index in [9.17, 15) is 4.79 Å². The summed E-state index contributed by atoms with van der Waals surface area (Å²) in [6.45, 7) is 3.89. The number of hydrogen-bond acceptors (Lipinski definition) is 5. The van der Waals surface area contributed by atoms with E-state index in [2.05, 4.69) is 15.3 Å². The summed E-state index contributed by atoms with van der Waals surface area (Å²) in [4.78, 5) is 21.8. The number of amides is 1. The molecule has 0 aliphatic carbocycles. The van der Waals surface area contributed by atoms with E-state index >= 15 is 0 Å². The third-order valence-corrected chi connectivity index (χ3v) is 4.16. The lowest BCUT2D eigenvalue weighted by molar-refractivity contribution is 0.0997. The van der Waals surface area contributed by atoms with Crippen LogP contribution in [0, 0.1) is 13.8 Å². The monoisotopic (exact) mass is 359 g/mol. The molecule has 122 valence electrons. The number of nitrogens with zero attached hydrogens (tertiary/aromatic N) is 2. The fourth-order valence-electron chi connectivity index (χ4n) is 2.08. The molecule has 0 aliphatic rings. The average molecular weight is 360 g/mol. The predicted octanol–water partition coefficient (Wildman–Crippen LogP) is 4.74. The molecule has 2 aromatic heterocycles. The van der Waals surface area contributed by atoms with Crippen LogP contribution in [-0.4, -0.2) is 15.9 Å². The van der Waals surface area contributed by atoms with E-state index in [0.717, 1.165) is 16.3 Å². The van der Waals surface area contributed by atoms with Crippen LogP contribution in [0.3, 0.4) is 0 Å². The molecule has 7 heteroatoms. The van der Waals surface area contributed by atoms with Gasteiger partial charge in [-0.1, -0.05) is 0 Å². The minimum absolute atomic E-state index is 0.169. The molecule has 2 heterocycles. The van der Waals surface area contributed by atoms with Crippen LogP contribution in [0.25, 0.3) is 0 Å². The lowest BCUT2D eigenvalue weighted by Crippen LogP contribution is -2.10. The summed E-state index contributed by atoms with van der Waals surface area (Å²) in [5, 5.41) is 3.63. The van der Waals surface area contributed by atoms with Crippen LogP contribution in [0.15, 0.2) is 56.9 Å². The molecule has 5 nitrogen and oxygen atoms in total. The van der Waals surface area contributed by atoms with Crippen molar-refractivity contribution in [1.82, 2.24) is 9.97 Å². The minimum atomic E-state index is -0.347. The molecule has 0 unspecified atom stereocenters. The maximum absolute atomic E-state index is 12.0. The van der Waals surface area contributed by atoms with Gasteiger partial charge in [-0.15, -0.1) is 0 Å². The van der Waals surface area contributed by atoms with Crippen LogP contribution in [0.1, 0.15) is 21.9 Å². The molecule has 0 fully saturated rings. The van der Waals surface area contributed by atoms with Crippen LogP contribution in [0.2, 0.25) is 5.22 Å². The first kappa shape index (κ1) is 16.5. The molecule has 0 aliphatic heterocycles. The summed E-state index contributed by atoms with van der Waals surface area (Å²) >= 11 is 7.14. The zero-order chi connectivity index (χ0) is 17.1. The topological polar surface area (TPSA) is 68.0 Å². The van der Waals surface area contributed by atoms with E-state index in [1.165, 1.54) is 23.9 Å². The Hall–Kier alpha value is -2.31. The van der Waals surface area contributed by atoms with Crippen LogP contribution in [-0.2, 0) is 0 Å². The summed E-state index contributed by atoms with van der Waals surface area (Å²) in [5.74, 6) is -0.179. The molecule has 0 radical (unpaired) electrons. The highest BCUT2D eigenvalue weighted by atomic mass is 35.5. The number of halogens is 1. The largest absolute Gasteiger partial charge is 0.440 e. The first-order valence-corrected chi connectivity index (χ1v) is 8.36. The van der Waals surface area contributed by atoms with Gasteiger partial charge in [-0.3, -0.25) is 4.79 Å². The summed E-state index contributed by atoms with van der Waals surface area (Å²) in [5.41, 5.74) is 2.54. The second kappa shape index (κ2) is 7.07. The van der Waals surface area contributed by atoms with Crippen molar-refractivity contribution in [2.24, 2.45) is 0 Å². The van der Waals surface area contributed by atoms with Crippen molar-refractivity contribution in [3.8, 4) is 0 Å². The summed E-state index contributed by atoms with van der Waals surface area (Å²) in [6, 6.07) is 12.4. The molecule has 0 atom stereocenters. The number of furan rings is 1. The minimum Gasteiger partial charge on any atom is -0.440 e. The predicted molar refractivity (Wildman–Crippen MR) is 93.7 cm³/mol. The highest BCUT2D eigenvalue weighted by Crippen LogP contribution is 2.26. The van der Waals surface area contributed by atoms with Crippen LogP contribution < -0.4 is 5.32 Å². The van der Waals surface area contributed by atoms with Crippen molar-refractivity contribution in [3.63, 3.8) is 0 Å². The van der Waals surface area contributed by atoms with Gasteiger partial charge in [0.1, 0.15) is 0 Å². The molecule has 0 spiro atoms. The van der Waals surface area contributed by atoms with E-state index in [4.69, 9.17) is 16.0 Å². The van der Waals surface area contributed by atoms with E-state index in [1.807, 2.05) is 44.2 Å². The standard InChI is InChI=1S/C17H14ClN3O2S/c1-10-9-11(2)20-17(19-10)24-13-5-3-12(4-6-13)21-16(22)14-7-8-15(18)23-14/h3-9H,1-2H3,(H,21,22). The fourth-order valence-corrected chi connectivity index (χ4v) is 3.09.